The third-order valence-corrected chi connectivity index (χ3v) is 3.95. The first-order valence-electron chi connectivity index (χ1n) is 6.15. The number of rotatable bonds is 1. The zero-order chi connectivity index (χ0) is 13.4. The zero-order valence-corrected chi connectivity index (χ0v) is 12.7. The van der Waals surface area contributed by atoms with Gasteiger partial charge in [0, 0.05) is 11.4 Å². The highest BCUT2D eigenvalue weighted by Gasteiger charge is 2.10. The van der Waals surface area contributed by atoms with Crippen molar-refractivity contribution < 1.29 is 0 Å². The Morgan fingerprint density at radius 3 is 1.21 bits per heavy atom. The summed E-state index contributed by atoms with van der Waals surface area (Å²) in [5.74, 6) is 0. The molecular weight excluding hydrogens is 256 g/mol. The van der Waals surface area contributed by atoms with Gasteiger partial charge in [0.05, 0.1) is 0 Å². The molecule has 0 heterocycles. The van der Waals surface area contributed by atoms with E-state index in [1.54, 1.807) is 0 Å². The van der Waals surface area contributed by atoms with Crippen LogP contribution in [0.3, 0.4) is 0 Å². The molecule has 0 atom stereocenters. The normalized spacial score (nSPS) is 10.1. The van der Waals surface area contributed by atoms with Crippen molar-refractivity contribution in [2.45, 2.75) is 27.7 Å². The standard InChI is InChI=1S/C16H20N2.ClH/c1-9-11(3)15(17)7-5-13(9)14-6-8-16(18)12(4)10(14)2;/h5-8H,17-18H2,1-4H3;1H. The van der Waals surface area contributed by atoms with Crippen LogP contribution in [0.5, 0.6) is 0 Å². The smallest absolute Gasteiger partial charge is 0.0346 e. The summed E-state index contributed by atoms with van der Waals surface area (Å²) >= 11 is 0. The van der Waals surface area contributed by atoms with Crippen LogP contribution < -0.4 is 11.5 Å². The Balaban J connectivity index is 0.00000180. The predicted molar refractivity (Wildman–Crippen MR) is 86.9 cm³/mol. The van der Waals surface area contributed by atoms with Crippen LogP contribution in [0.2, 0.25) is 0 Å². The molecule has 0 aliphatic heterocycles. The SMILES string of the molecule is Cc1c(N)ccc(-c2ccc(N)c(C)c2C)c1C.Cl. The molecule has 2 aromatic rings. The topological polar surface area (TPSA) is 52.0 Å². The minimum absolute atomic E-state index is 0. The molecule has 4 N–H and O–H groups in total. The van der Waals surface area contributed by atoms with E-state index in [-0.39, 0.29) is 12.4 Å². The molecule has 0 spiro atoms. The molecule has 0 saturated carbocycles. The second-order valence-corrected chi connectivity index (χ2v) is 4.90. The molecule has 0 aliphatic carbocycles. The third kappa shape index (κ3) is 2.54. The van der Waals surface area contributed by atoms with Gasteiger partial charge in [-0.15, -0.1) is 12.4 Å². The molecule has 0 aliphatic rings. The van der Waals surface area contributed by atoms with Crippen LogP contribution in [0.4, 0.5) is 11.4 Å². The van der Waals surface area contributed by atoms with Gasteiger partial charge < -0.3 is 11.5 Å². The Labute approximate surface area is 121 Å². The Hall–Kier alpha value is -1.67. The van der Waals surface area contributed by atoms with Crippen molar-refractivity contribution in [3.05, 3.63) is 46.5 Å². The van der Waals surface area contributed by atoms with Crippen molar-refractivity contribution in [2.75, 3.05) is 11.5 Å². The number of anilines is 2. The summed E-state index contributed by atoms with van der Waals surface area (Å²) in [6.45, 7) is 8.36. The van der Waals surface area contributed by atoms with Crippen molar-refractivity contribution in [1.29, 1.82) is 0 Å². The molecule has 0 bridgehead atoms. The number of nitrogens with two attached hydrogens (primary N) is 2. The summed E-state index contributed by atoms with van der Waals surface area (Å²) in [4.78, 5) is 0. The molecule has 0 radical (unpaired) electrons. The van der Waals surface area contributed by atoms with Gasteiger partial charge in [-0.3, -0.25) is 0 Å². The molecule has 0 fully saturated rings. The number of benzene rings is 2. The molecule has 19 heavy (non-hydrogen) atoms. The fraction of sp³-hybridized carbons (Fsp3) is 0.250. The molecule has 2 nitrogen and oxygen atoms in total. The zero-order valence-electron chi connectivity index (χ0n) is 11.9. The average Bonchev–Trinajstić information content (AvgIpc) is 2.35. The van der Waals surface area contributed by atoms with Crippen LogP contribution in [-0.2, 0) is 0 Å². The lowest BCUT2D eigenvalue weighted by Crippen LogP contribution is -1.98. The van der Waals surface area contributed by atoms with E-state index in [2.05, 4.69) is 39.8 Å². The molecule has 2 rings (SSSR count). The van der Waals surface area contributed by atoms with E-state index in [1.165, 1.54) is 22.3 Å². The van der Waals surface area contributed by atoms with E-state index in [0.717, 1.165) is 22.5 Å². The number of hydrogen-bond donors (Lipinski definition) is 2. The largest absolute Gasteiger partial charge is 0.399 e. The highest BCUT2D eigenvalue weighted by Crippen LogP contribution is 2.33. The molecule has 0 saturated heterocycles. The fourth-order valence-corrected chi connectivity index (χ4v) is 2.27. The first kappa shape index (κ1) is 15.4. The van der Waals surface area contributed by atoms with Crippen LogP contribution in [0.1, 0.15) is 22.3 Å². The van der Waals surface area contributed by atoms with Gasteiger partial charge in [-0.1, -0.05) is 12.1 Å². The van der Waals surface area contributed by atoms with Crippen LogP contribution >= 0.6 is 12.4 Å². The van der Waals surface area contributed by atoms with Crippen molar-refractivity contribution in [1.82, 2.24) is 0 Å². The first-order valence-corrected chi connectivity index (χ1v) is 6.15. The van der Waals surface area contributed by atoms with E-state index in [0.29, 0.717) is 0 Å². The second-order valence-electron chi connectivity index (χ2n) is 4.90. The van der Waals surface area contributed by atoms with Crippen LogP contribution in [0.25, 0.3) is 11.1 Å². The molecule has 2 aromatic carbocycles. The van der Waals surface area contributed by atoms with E-state index < -0.39 is 0 Å². The fourth-order valence-electron chi connectivity index (χ4n) is 2.27. The minimum atomic E-state index is 0. The van der Waals surface area contributed by atoms with Crippen LogP contribution in [-0.4, -0.2) is 0 Å². The van der Waals surface area contributed by atoms with E-state index in [1.807, 2.05) is 12.1 Å². The van der Waals surface area contributed by atoms with Gasteiger partial charge in [0.2, 0.25) is 0 Å². The van der Waals surface area contributed by atoms with Gasteiger partial charge in [-0.05, 0) is 73.2 Å². The first-order chi connectivity index (χ1) is 8.43. The Morgan fingerprint density at radius 1 is 0.579 bits per heavy atom. The van der Waals surface area contributed by atoms with E-state index in [4.69, 9.17) is 11.5 Å². The maximum atomic E-state index is 5.94. The highest BCUT2D eigenvalue weighted by atomic mass is 35.5. The summed E-state index contributed by atoms with van der Waals surface area (Å²) < 4.78 is 0. The van der Waals surface area contributed by atoms with Gasteiger partial charge >= 0.3 is 0 Å². The molecule has 102 valence electrons. The van der Waals surface area contributed by atoms with E-state index >= 15 is 0 Å². The number of halogens is 1. The lowest BCUT2D eigenvalue weighted by Gasteiger charge is -2.15. The summed E-state index contributed by atoms with van der Waals surface area (Å²) in [5.41, 5.74) is 20.8. The van der Waals surface area contributed by atoms with Gasteiger partial charge in [-0.2, -0.15) is 0 Å². The number of nitrogen functional groups attached to an aromatic ring is 2. The molecule has 0 amide bonds. The van der Waals surface area contributed by atoms with Crippen molar-refractivity contribution in [3.63, 3.8) is 0 Å². The highest BCUT2D eigenvalue weighted by molar-refractivity contribution is 5.85. The molecule has 0 unspecified atom stereocenters. The maximum absolute atomic E-state index is 5.94. The lowest BCUT2D eigenvalue weighted by molar-refractivity contribution is 1.30. The van der Waals surface area contributed by atoms with Crippen molar-refractivity contribution in [3.8, 4) is 11.1 Å². The van der Waals surface area contributed by atoms with Gasteiger partial charge in [-0.25, -0.2) is 0 Å². The Bertz CT molecular complexity index is 563. The van der Waals surface area contributed by atoms with Gasteiger partial charge in [0.15, 0.2) is 0 Å². The van der Waals surface area contributed by atoms with Crippen LogP contribution in [0, 0.1) is 27.7 Å². The third-order valence-electron chi connectivity index (χ3n) is 3.95. The minimum Gasteiger partial charge on any atom is -0.399 e. The summed E-state index contributed by atoms with van der Waals surface area (Å²) in [6.07, 6.45) is 0. The number of hydrogen-bond acceptors (Lipinski definition) is 2. The maximum Gasteiger partial charge on any atom is 0.0346 e. The molecular formula is C16H21ClN2. The predicted octanol–water partition coefficient (Wildman–Crippen LogP) is 4.17. The van der Waals surface area contributed by atoms with Crippen molar-refractivity contribution in [2.24, 2.45) is 0 Å². The summed E-state index contributed by atoms with van der Waals surface area (Å²) in [6, 6.07) is 8.14. The van der Waals surface area contributed by atoms with Crippen molar-refractivity contribution >= 4 is 23.8 Å². The summed E-state index contributed by atoms with van der Waals surface area (Å²) in [7, 11) is 0. The second kappa shape index (κ2) is 5.54. The average molecular weight is 277 g/mol. The lowest BCUT2D eigenvalue weighted by atomic mass is 9.91. The quantitative estimate of drug-likeness (QED) is 0.768. The monoisotopic (exact) mass is 276 g/mol. The van der Waals surface area contributed by atoms with E-state index in [9.17, 15) is 0 Å². The summed E-state index contributed by atoms with van der Waals surface area (Å²) in [5, 5.41) is 0. The van der Waals surface area contributed by atoms with Crippen LogP contribution in [0.15, 0.2) is 24.3 Å². The molecule has 3 heteroatoms. The molecule has 0 aromatic heterocycles. The Morgan fingerprint density at radius 2 is 0.895 bits per heavy atom. The van der Waals surface area contributed by atoms with Gasteiger partial charge in [0.25, 0.3) is 0 Å². The van der Waals surface area contributed by atoms with Gasteiger partial charge in [0.1, 0.15) is 0 Å². The Kier molecular flexibility index (Phi) is 4.48.